The van der Waals surface area contributed by atoms with Crippen LogP contribution in [0, 0.1) is 11.6 Å². The standard InChI is InChI=1S/C48H68FN7O8Si.C38H50FN5O7Si/c1-12-31-24-40(57)35(49)25-34(31)32-16-17-33-37(23-32)56(41-15-13-14-20-62-41)51-42(33)43-50-36-26-38(44(58)53-19-18-52(27-30(53)2)45(59)63-47(3,4)5)54(46(60)64-48(6,7)8)28-39(36)55(43)29-61-21-22-65(9,10)11;1-8-23-18-32(45)27(39)19-26(23)24-12-13-25-29(17-24)44(33-11-9-10-14-50-33)41-34(25)35-40-28-20-30(36(46)47)42(37(48)51-38(2,3)4)21-31(28)43(35)22-49-15-16-52(5,6)7/h16-17,23-25,30,38,41,57H,12-15,18-22,26-29H2,1-11H3;12-13,17-19,30,33,45H,8-11,14-16,20-22H2,1-7H3,(H,46,47)/t30-,38-,41?;30-,33?/m00/s1. The molecule has 0 spiro atoms. The topological polar surface area (TPSA) is 295 Å². The highest BCUT2D eigenvalue weighted by molar-refractivity contribution is 6.76. The molecule has 0 saturated carbocycles. The fourth-order valence-corrected chi connectivity index (χ4v) is 17.1. The van der Waals surface area contributed by atoms with E-state index in [1.54, 1.807) is 51.3 Å². The van der Waals surface area contributed by atoms with E-state index in [-0.39, 0.29) is 94.9 Å². The number of phenols is 2. The number of carbonyl (C=O) groups is 5. The predicted octanol–water partition coefficient (Wildman–Crippen LogP) is 16.8. The summed E-state index contributed by atoms with van der Waals surface area (Å²) in [5.41, 5.74) is 7.43. The van der Waals surface area contributed by atoms with E-state index in [1.807, 2.05) is 96.4 Å². The summed E-state index contributed by atoms with van der Waals surface area (Å²) in [6.45, 7) is 39.0. The Morgan fingerprint density at radius 3 is 1.36 bits per heavy atom. The quantitative estimate of drug-likeness (QED) is 0.0363. The number of rotatable bonds is 20. The molecule has 4 aromatic carbocycles. The maximum atomic E-state index is 14.9. The van der Waals surface area contributed by atoms with Gasteiger partial charge >= 0.3 is 24.2 Å². The largest absolute Gasteiger partial charge is 0.505 e. The van der Waals surface area contributed by atoms with Crippen LogP contribution in [0.1, 0.15) is 168 Å². The summed E-state index contributed by atoms with van der Waals surface area (Å²) in [5, 5.41) is 42.5. The van der Waals surface area contributed by atoms with Gasteiger partial charge in [0.2, 0.25) is 5.91 Å². The summed E-state index contributed by atoms with van der Waals surface area (Å²) in [5.74, 6) is -2.55. The predicted molar refractivity (Wildman–Crippen MR) is 446 cm³/mol. The molecule has 3 fully saturated rings. The third-order valence-corrected chi connectivity index (χ3v) is 25.1. The Hall–Kier alpha value is -9.28. The Bertz CT molecular complexity index is 4990. The molecule has 9 heterocycles. The Morgan fingerprint density at radius 2 is 0.974 bits per heavy atom. The fraction of sp³-hybridized carbons (Fsp3) is 0.570. The summed E-state index contributed by atoms with van der Waals surface area (Å²) in [6, 6.07) is 16.8. The molecule has 117 heavy (non-hydrogen) atoms. The number of carbonyl (C=O) groups excluding carboxylic acids is 4. The first kappa shape index (κ1) is 87.0. The van der Waals surface area contributed by atoms with Crippen molar-refractivity contribution < 1.29 is 81.2 Å². The number of piperazine rings is 1. The Balaban J connectivity index is 0.000000221. The number of ether oxygens (including phenoxy) is 7. The molecule has 5 atom stereocenters. The summed E-state index contributed by atoms with van der Waals surface area (Å²) in [4.78, 5) is 84.5. The molecule has 5 aliphatic rings. The minimum Gasteiger partial charge on any atom is -0.505 e. The van der Waals surface area contributed by atoms with Crippen LogP contribution in [0.25, 0.3) is 67.1 Å². The van der Waals surface area contributed by atoms with Crippen LogP contribution < -0.4 is 0 Å². The van der Waals surface area contributed by atoms with Crippen molar-refractivity contribution in [3.05, 3.63) is 106 Å². The smallest absolute Gasteiger partial charge is 0.411 e. The number of phenolic OH excluding ortho intramolecular Hbond substituents is 2. The summed E-state index contributed by atoms with van der Waals surface area (Å²) >= 11 is 0. The zero-order valence-corrected chi connectivity index (χ0v) is 73.3. The van der Waals surface area contributed by atoms with E-state index in [2.05, 4.69) is 39.3 Å². The minimum atomic E-state index is -1.46. The van der Waals surface area contributed by atoms with Crippen LogP contribution in [0.5, 0.6) is 11.5 Å². The maximum Gasteiger partial charge on any atom is 0.411 e. The van der Waals surface area contributed by atoms with Crippen molar-refractivity contribution >= 4 is 68.1 Å². The molecule has 27 nitrogen and oxygen atoms in total. The molecular weight excluding hydrogens is 1540 g/mol. The van der Waals surface area contributed by atoms with Crippen molar-refractivity contribution in [3.63, 3.8) is 0 Å². The molecule has 5 aliphatic heterocycles. The van der Waals surface area contributed by atoms with Gasteiger partial charge in [-0.2, -0.15) is 10.2 Å². The Morgan fingerprint density at radius 1 is 0.556 bits per heavy atom. The number of aromatic nitrogens is 8. The van der Waals surface area contributed by atoms with Crippen molar-refractivity contribution in [3.8, 4) is 56.8 Å². The molecule has 2 unspecified atom stereocenters. The molecule has 4 aromatic heterocycles. The van der Waals surface area contributed by atoms with Crippen LogP contribution in [-0.2, 0) is 95.0 Å². The van der Waals surface area contributed by atoms with Gasteiger partial charge in [0, 0.05) is 91.9 Å². The first-order valence-corrected chi connectivity index (χ1v) is 48.6. The molecule has 0 bridgehead atoms. The number of hydrogen-bond acceptors (Lipinski definition) is 18. The lowest BCUT2D eigenvalue weighted by atomic mass is 9.96. The third-order valence-electron chi connectivity index (χ3n) is 21.7. The summed E-state index contributed by atoms with van der Waals surface area (Å²) < 4.78 is 79.8. The van der Waals surface area contributed by atoms with Crippen molar-refractivity contribution in [1.29, 1.82) is 0 Å². The number of fused-ring (bicyclic) bond motifs is 4. The first-order chi connectivity index (χ1) is 55.1. The van der Waals surface area contributed by atoms with E-state index in [4.69, 9.17) is 53.3 Å². The average Bonchev–Trinajstić information content (AvgIpc) is 1.59. The van der Waals surface area contributed by atoms with Gasteiger partial charge in [-0.15, -0.1) is 0 Å². The molecule has 0 radical (unpaired) electrons. The van der Waals surface area contributed by atoms with Gasteiger partial charge in [0.05, 0.1) is 46.9 Å². The lowest BCUT2D eigenvalue weighted by molar-refractivity contribution is -0.144. The van der Waals surface area contributed by atoms with Gasteiger partial charge in [0.25, 0.3) is 0 Å². The van der Waals surface area contributed by atoms with Gasteiger partial charge in [-0.25, -0.2) is 47.3 Å². The molecule has 4 amide bonds. The van der Waals surface area contributed by atoms with Gasteiger partial charge in [0.1, 0.15) is 53.7 Å². The van der Waals surface area contributed by atoms with Gasteiger partial charge in [0.15, 0.2) is 47.2 Å². The fourth-order valence-electron chi connectivity index (χ4n) is 15.6. The second-order valence-electron chi connectivity index (χ2n) is 36.8. The average molecular weight is 1650 g/mol. The number of hydrogen-bond donors (Lipinski definition) is 3. The molecule has 8 aromatic rings. The van der Waals surface area contributed by atoms with E-state index in [9.17, 15) is 48.1 Å². The van der Waals surface area contributed by atoms with Gasteiger partial charge in [-0.3, -0.25) is 14.6 Å². The maximum absolute atomic E-state index is 14.9. The molecule has 31 heteroatoms. The lowest BCUT2D eigenvalue weighted by Crippen LogP contribution is -2.61. The van der Waals surface area contributed by atoms with Crippen molar-refractivity contribution in [1.82, 2.24) is 58.3 Å². The molecule has 634 valence electrons. The lowest BCUT2D eigenvalue weighted by Gasteiger charge is -2.43. The molecule has 0 aliphatic carbocycles. The minimum absolute atomic E-state index is 0.0143. The normalized spacial score (nSPS) is 19.0. The zero-order valence-electron chi connectivity index (χ0n) is 71.3. The highest BCUT2D eigenvalue weighted by atomic mass is 28.3. The van der Waals surface area contributed by atoms with Crippen LogP contribution in [0.4, 0.5) is 23.2 Å². The monoisotopic (exact) mass is 1650 g/mol. The van der Waals surface area contributed by atoms with Crippen molar-refractivity contribution in [2.45, 2.75) is 273 Å². The van der Waals surface area contributed by atoms with E-state index in [0.29, 0.717) is 96.2 Å². The number of halogens is 2. The molecule has 13 rings (SSSR count). The molecule has 3 N–H and O–H groups in total. The molecule has 3 saturated heterocycles. The van der Waals surface area contributed by atoms with Crippen molar-refractivity contribution in [2.75, 3.05) is 46.1 Å². The highest BCUT2D eigenvalue weighted by Crippen LogP contribution is 2.43. The number of amides is 4. The number of carboxylic acids is 1. The van der Waals surface area contributed by atoms with Crippen LogP contribution in [0.3, 0.4) is 0 Å². The van der Waals surface area contributed by atoms with E-state index >= 15 is 0 Å². The van der Waals surface area contributed by atoms with Crippen LogP contribution >= 0.6 is 0 Å². The van der Waals surface area contributed by atoms with E-state index in [1.165, 1.54) is 34.1 Å². The second-order valence-corrected chi connectivity index (χ2v) is 48.1. The highest BCUT2D eigenvalue weighted by Gasteiger charge is 2.46. The second kappa shape index (κ2) is 35.0. The number of aryl methyl sites for hydroxylation is 2. The third kappa shape index (κ3) is 20.2. The SMILES string of the molecule is CCc1cc(O)c(F)cc1-c1ccc2c(-c3nc4c(n3COCC[Si](C)(C)C)CN(C(=O)OC(C)(C)C)[C@H](C(=O)N3CCN(C(=O)OC(C)(C)C)C[C@@H]3C)C4)nn(C3CCCCO3)c2c1.CCc1cc(O)c(F)cc1-c1ccc2c(-c3nc4c(n3COCC[Si](C)(C)C)CN(C(=O)OC(C)(C)C)[C@H](C(=O)O)C4)nn(C3CCCCO3)c2c1. The number of nitrogens with zero attached hydrogens (tertiary/aromatic N) is 12. The Labute approximate surface area is 685 Å². The van der Waals surface area contributed by atoms with Crippen LogP contribution in [0.15, 0.2) is 60.7 Å². The number of carboxylic acid groups (broad SMARTS) is 1. The van der Waals surface area contributed by atoms with E-state index in [0.717, 1.165) is 94.7 Å². The van der Waals surface area contributed by atoms with Crippen LogP contribution in [0.2, 0.25) is 51.4 Å². The van der Waals surface area contributed by atoms with Gasteiger partial charge in [-0.05, 0) is 215 Å². The number of imidazole rings is 2. The summed E-state index contributed by atoms with van der Waals surface area (Å²) in [6.07, 6.45) is 4.14. The van der Waals surface area contributed by atoms with E-state index < -0.39 is 80.9 Å². The first-order valence-electron chi connectivity index (χ1n) is 41.2. The van der Waals surface area contributed by atoms with Crippen LogP contribution in [-0.4, -0.2) is 201 Å². The number of aromatic hydroxyl groups is 2. The summed E-state index contributed by atoms with van der Waals surface area (Å²) in [7, 11) is -2.86. The van der Waals surface area contributed by atoms with Gasteiger partial charge < -0.3 is 67.4 Å². The number of benzene rings is 4. The zero-order chi connectivity index (χ0) is 84.7. The van der Waals surface area contributed by atoms with Gasteiger partial charge in [-0.1, -0.05) is 65.3 Å². The molecular formula is C86H118F2N12O15Si2. The number of aliphatic carboxylic acids is 1. The Kier molecular flexibility index (Phi) is 26.0. The van der Waals surface area contributed by atoms with Crippen molar-refractivity contribution in [2.24, 2.45) is 0 Å².